The van der Waals surface area contributed by atoms with Crippen molar-refractivity contribution in [3.63, 3.8) is 0 Å². The van der Waals surface area contributed by atoms with Crippen molar-refractivity contribution >= 4 is 35.1 Å². The maximum atomic E-state index is 12.0. The number of hydrogen-bond acceptors (Lipinski definition) is 6. The molecular weight excluding hydrogens is 330 g/mol. The molecule has 0 spiro atoms. The molecule has 2 amide bonds. The van der Waals surface area contributed by atoms with E-state index < -0.39 is 5.25 Å². The standard InChI is InChI=1S/C16H19N3O4S/c1-10-8-14(19-23-10)18-16(21)11(2)24-9-15(20)17-12-4-6-13(22-3)7-5-12/h4-8,11H,9H2,1-3H3,(H,17,20)(H,18,19,21)/t11-/m0/s1. The third-order valence-corrected chi connectivity index (χ3v) is 4.23. The average Bonchev–Trinajstić information content (AvgIpc) is 2.98. The lowest BCUT2D eigenvalue weighted by Crippen LogP contribution is -2.25. The van der Waals surface area contributed by atoms with Crippen LogP contribution in [0.3, 0.4) is 0 Å². The van der Waals surface area contributed by atoms with Gasteiger partial charge in [0.05, 0.1) is 18.1 Å². The molecule has 0 aliphatic heterocycles. The Morgan fingerprint density at radius 2 is 2.00 bits per heavy atom. The SMILES string of the molecule is COc1ccc(NC(=O)CS[C@@H](C)C(=O)Nc2cc(C)on2)cc1. The molecule has 2 rings (SSSR count). The van der Waals surface area contributed by atoms with E-state index in [1.807, 2.05) is 0 Å². The van der Waals surface area contributed by atoms with E-state index in [-0.39, 0.29) is 17.6 Å². The summed E-state index contributed by atoms with van der Waals surface area (Å²) < 4.78 is 9.94. The van der Waals surface area contributed by atoms with Gasteiger partial charge in [-0.15, -0.1) is 11.8 Å². The summed E-state index contributed by atoms with van der Waals surface area (Å²) in [7, 11) is 1.58. The summed E-state index contributed by atoms with van der Waals surface area (Å²) in [5.41, 5.74) is 0.677. The molecule has 1 atom stereocenters. The van der Waals surface area contributed by atoms with Gasteiger partial charge in [0.25, 0.3) is 0 Å². The monoisotopic (exact) mass is 349 g/mol. The van der Waals surface area contributed by atoms with Crippen LogP contribution in [0.25, 0.3) is 0 Å². The predicted molar refractivity (Wildman–Crippen MR) is 93.4 cm³/mol. The van der Waals surface area contributed by atoms with Crippen LogP contribution >= 0.6 is 11.8 Å². The van der Waals surface area contributed by atoms with E-state index in [9.17, 15) is 9.59 Å². The molecule has 0 aliphatic carbocycles. The Hall–Kier alpha value is -2.48. The van der Waals surface area contributed by atoms with Gasteiger partial charge in [0.15, 0.2) is 5.82 Å². The summed E-state index contributed by atoms with van der Waals surface area (Å²) in [6.45, 7) is 3.47. The lowest BCUT2D eigenvalue weighted by Gasteiger charge is -2.10. The quantitative estimate of drug-likeness (QED) is 0.798. The Bertz CT molecular complexity index is 700. The molecule has 0 saturated heterocycles. The van der Waals surface area contributed by atoms with Crippen LogP contribution in [0.2, 0.25) is 0 Å². The highest BCUT2D eigenvalue weighted by Crippen LogP contribution is 2.17. The van der Waals surface area contributed by atoms with Crippen LogP contribution in [0, 0.1) is 6.92 Å². The number of ether oxygens (including phenoxy) is 1. The lowest BCUT2D eigenvalue weighted by molar-refractivity contribution is -0.115. The summed E-state index contributed by atoms with van der Waals surface area (Å²) in [4.78, 5) is 23.9. The molecule has 128 valence electrons. The number of carbonyl (C=O) groups excluding carboxylic acids is 2. The van der Waals surface area contributed by atoms with Gasteiger partial charge in [-0.05, 0) is 38.1 Å². The summed E-state index contributed by atoms with van der Waals surface area (Å²) in [6.07, 6.45) is 0. The molecule has 0 radical (unpaired) electrons. The minimum atomic E-state index is -0.399. The number of thioether (sulfide) groups is 1. The number of benzene rings is 1. The number of nitrogens with zero attached hydrogens (tertiary/aromatic N) is 1. The number of aromatic nitrogens is 1. The maximum absolute atomic E-state index is 12.0. The van der Waals surface area contributed by atoms with E-state index in [1.54, 1.807) is 51.3 Å². The number of methoxy groups -OCH3 is 1. The second kappa shape index (κ2) is 8.39. The van der Waals surface area contributed by atoms with Crippen molar-refractivity contribution in [1.29, 1.82) is 0 Å². The van der Waals surface area contributed by atoms with Gasteiger partial charge < -0.3 is 19.9 Å². The van der Waals surface area contributed by atoms with Crippen LogP contribution in [-0.4, -0.2) is 35.1 Å². The number of aryl methyl sites for hydroxylation is 1. The zero-order chi connectivity index (χ0) is 17.5. The van der Waals surface area contributed by atoms with Gasteiger partial charge in [0.1, 0.15) is 11.5 Å². The lowest BCUT2D eigenvalue weighted by atomic mass is 10.3. The first kappa shape index (κ1) is 17.9. The molecule has 8 heteroatoms. The van der Waals surface area contributed by atoms with E-state index in [2.05, 4.69) is 15.8 Å². The Morgan fingerprint density at radius 3 is 2.58 bits per heavy atom. The number of hydrogen-bond donors (Lipinski definition) is 2. The number of anilines is 2. The number of rotatable bonds is 7. The van der Waals surface area contributed by atoms with Crippen molar-refractivity contribution in [2.24, 2.45) is 0 Å². The molecule has 0 saturated carbocycles. The third kappa shape index (κ3) is 5.31. The molecule has 1 heterocycles. The molecule has 24 heavy (non-hydrogen) atoms. The third-order valence-electron chi connectivity index (χ3n) is 3.09. The van der Waals surface area contributed by atoms with Crippen molar-refractivity contribution in [2.75, 3.05) is 23.5 Å². The van der Waals surface area contributed by atoms with Crippen LogP contribution in [0.5, 0.6) is 5.75 Å². The van der Waals surface area contributed by atoms with Crippen molar-refractivity contribution in [3.8, 4) is 5.75 Å². The highest BCUT2D eigenvalue weighted by atomic mass is 32.2. The van der Waals surface area contributed by atoms with E-state index in [4.69, 9.17) is 9.26 Å². The topological polar surface area (TPSA) is 93.5 Å². The minimum absolute atomic E-state index is 0.165. The van der Waals surface area contributed by atoms with Gasteiger partial charge in [0, 0.05) is 11.8 Å². The fourth-order valence-corrected chi connectivity index (χ4v) is 2.48. The number of carbonyl (C=O) groups is 2. The molecule has 0 bridgehead atoms. The summed E-state index contributed by atoms with van der Waals surface area (Å²) in [6, 6.07) is 8.66. The zero-order valence-electron chi connectivity index (χ0n) is 13.7. The molecule has 0 fully saturated rings. The molecule has 0 unspecified atom stereocenters. The first-order valence-corrected chi connectivity index (χ1v) is 8.32. The van der Waals surface area contributed by atoms with Crippen molar-refractivity contribution in [3.05, 3.63) is 36.1 Å². The Labute approximate surface area is 144 Å². The Kier molecular flexibility index (Phi) is 6.25. The normalized spacial score (nSPS) is 11.6. The highest BCUT2D eigenvalue weighted by molar-refractivity contribution is 8.01. The van der Waals surface area contributed by atoms with E-state index in [1.165, 1.54) is 11.8 Å². The van der Waals surface area contributed by atoms with Gasteiger partial charge in [0.2, 0.25) is 11.8 Å². The fraction of sp³-hybridized carbons (Fsp3) is 0.312. The fourth-order valence-electron chi connectivity index (χ4n) is 1.80. The second-order valence-electron chi connectivity index (χ2n) is 5.04. The van der Waals surface area contributed by atoms with Crippen molar-refractivity contribution in [2.45, 2.75) is 19.1 Å². The van der Waals surface area contributed by atoms with Crippen LogP contribution in [0.4, 0.5) is 11.5 Å². The summed E-state index contributed by atoms with van der Waals surface area (Å²) in [5, 5.41) is 8.70. The number of nitrogens with one attached hydrogen (secondary N) is 2. The predicted octanol–water partition coefficient (Wildman–Crippen LogP) is 2.69. The van der Waals surface area contributed by atoms with Crippen LogP contribution in [0.15, 0.2) is 34.9 Å². The van der Waals surface area contributed by atoms with Gasteiger partial charge in [-0.2, -0.15) is 0 Å². The van der Waals surface area contributed by atoms with Gasteiger partial charge in [-0.1, -0.05) is 5.16 Å². The average molecular weight is 349 g/mol. The number of amides is 2. The van der Waals surface area contributed by atoms with E-state index in [0.717, 1.165) is 5.75 Å². The first-order chi connectivity index (χ1) is 11.5. The van der Waals surface area contributed by atoms with Crippen LogP contribution in [0.1, 0.15) is 12.7 Å². The Morgan fingerprint density at radius 1 is 1.29 bits per heavy atom. The van der Waals surface area contributed by atoms with Crippen molar-refractivity contribution in [1.82, 2.24) is 5.16 Å². The molecular formula is C16H19N3O4S. The van der Waals surface area contributed by atoms with Gasteiger partial charge >= 0.3 is 0 Å². The maximum Gasteiger partial charge on any atom is 0.238 e. The van der Waals surface area contributed by atoms with Crippen LogP contribution < -0.4 is 15.4 Å². The zero-order valence-corrected chi connectivity index (χ0v) is 14.5. The smallest absolute Gasteiger partial charge is 0.238 e. The molecule has 1 aromatic heterocycles. The summed E-state index contributed by atoms with van der Waals surface area (Å²) >= 11 is 1.24. The minimum Gasteiger partial charge on any atom is -0.497 e. The van der Waals surface area contributed by atoms with Crippen molar-refractivity contribution < 1.29 is 18.8 Å². The first-order valence-electron chi connectivity index (χ1n) is 7.27. The largest absolute Gasteiger partial charge is 0.497 e. The van der Waals surface area contributed by atoms with Gasteiger partial charge in [-0.25, -0.2) is 0 Å². The summed E-state index contributed by atoms with van der Waals surface area (Å²) in [5.74, 6) is 1.46. The second-order valence-corrected chi connectivity index (χ2v) is 6.37. The van der Waals surface area contributed by atoms with Crippen LogP contribution in [-0.2, 0) is 9.59 Å². The molecule has 0 aliphatic rings. The van der Waals surface area contributed by atoms with E-state index >= 15 is 0 Å². The molecule has 7 nitrogen and oxygen atoms in total. The highest BCUT2D eigenvalue weighted by Gasteiger charge is 2.16. The van der Waals surface area contributed by atoms with Gasteiger partial charge in [-0.3, -0.25) is 9.59 Å². The molecule has 2 aromatic rings. The van der Waals surface area contributed by atoms with E-state index in [0.29, 0.717) is 17.3 Å². The molecule has 2 N–H and O–H groups in total. The Balaban J connectivity index is 1.76. The molecule has 1 aromatic carbocycles.